The zero-order valence-electron chi connectivity index (χ0n) is 11.7. The van der Waals surface area contributed by atoms with Crippen LogP contribution >= 0.6 is 0 Å². The van der Waals surface area contributed by atoms with E-state index in [4.69, 9.17) is 0 Å². The molecule has 20 heavy (non-hydrogen) atoms. The second kappa shape index (κ2) is 5.87. The van der Waals surface area contributed by atoms with Crippen LogP contribution in [-0.4, -0.2) is 35.0 Å². The molecular weight excluding hydrogens is 358 g/mol. The van der Waals surface area contributed by atoms with E-state index in [1.807, 2.05) is 0 Å². The third-order valence-corrected chi connectivity index (χ3v) is 6.35. The van der Waals surface area contributed by atoms with Crippen molar-refractivity contribution in [3.05, 3.63) is 66.7 Å². The Hall–Kier alpha value is -1.49. The maximum absolute atomic E-state index is 2.30. The molecule has 0 amide bonds. The van der Waals surface area contributed by atoms with Crippen molar-refractivity contribution in [2.24, 2.45) is 0 Å². The van der Waals surface area contributed by atoms with Crippen molar-refractivity contribution in [2.45, 2.75) is 0 Å². The molecule has 2 heteroatoms. The molecule has 100 valence electrons. The van der Waals surface area contributed by atoms with E-state index >= 15 is 0 Å². The molecule has 3 rings (SSSR count). The number of fused-ring (bicyclic) bond motifs is 1. The van der Waals surface area contributed by atoms with Gasteiger partial charge in [-0.2, -0.15) is 0 Å². The molecule has 3 aromatic carbocycles. The van der Waals surface area contributed by atoms with Gasteiger partial charge in [0.1, 0.15) is 0 Å². The average molecular weight is 375 g/mol. The molecule has 0 atom stereocenters. The summed E-state index contributed by atoms with van der Waals surface area (Å²) in [6, 6.07) is 24.1. The van der Waals surface area contributed by atoms with E-state index in [-0.39, 0.29) is 20.9 Å². The Morgan fingerprint density at radius 2 is 1.45 bits per heavy atom. The van der Waals surface area contributed by atoms with Gasteiger partial charge in [0.25, 0.3) is 0 Å². The van der Waals surface area contributed by atoms with E-state index in [2.05, 4.69) is 85.7 Å². The Kier molecular flexibility index (Phi) is 3.96. The summed E-state index contributed by atoms with van der Waals surface area (Å²) in [4.78, 5) is 2.21. The van der Waals surface area contributed by atoms with Crippen molar-refractivity contribution in [3.63, 3.8) is 0 Å². The summed E-state index contributed by atoms with van der Waals surface area (Å²) in [6.07, 6.45) is 0. The summed E-state index contributed by atoms with van der Waals surface area (Å²) >= 11 is -0.346. The van der Waals surface area contributed by atoms with Crippen LogP contribution < -0.4 is 12.1 Å². The van der Waals surface area contributed by atoms with Crippen molar-refractivity contribution >= 4 is 44.6 Å². The first-order valence-corrected chi connectivity index (χ1v) is 9.01. The van der Waals surface area contributed by atoms with Crippen LogP contribution in [-0.2, 0) is 0 Å². The summed E-state index contributed by atoms with van der Waals surface area (Å²) in [7, 11) is 4.24. The summed E-state index contributed by atoms with van der Waals surface area (Å²) in [5.74, 6) is 0. The Bertz CT molecular complexity index is 715. The third kappa shape index (κ3) is 2.68. The molecule has 0 aliphatic rings. The standard InChI is InChI=1S/C18H17NTe/c1-19(2)16-12-6-8-14-9-7-13-17(18(14)16)20-15-10-4-3-5-11-15/h3-13H,1-2H3. The molecule has 0 aliphatic carbocycles. The molecule has 0 fully saturated rings. The van der Waals surface area contributed by atoms with Gasteiger partial charge in [-0.05, 0) is 0 Å². The fraction of sp³-hybridized carbons (Fsp3) is 0.111. The number of hydrogen-bond acceptors (Lipinski definition) is 1. The van der Waals surface area contributed by atoms with E-state index in [1.54, 1.807) is 0 Å². The molecule has 0 unspecified atom stereocenters. The molecule has 0 saturated heterocycles. The molecular formula is C18H17NTe. The van der Waals surface area contributed by atoms with Gasteiger partial charge < -0.3 is 0 Å². The van der Waals surface area contributed by atoms with Crippen LogP contribution in [0.1, 0.15) is 0 Å². The molecule has 0 saturated carbocycles. The van der Waals surface area contributed by atoms with Crippen LogP contribution in [0.3, 0.4) is 0 Å². The molecule has 1 nitrogen and oxygen atoms in total. The fourth-order valence-corrected chi connectivity index (χ4v) is 5.27. The van der Waals surface area contributed by atoms with Gasteiger partial charge in [0.2, 0.25) is 0 Å². The van der Waals surface area contributed by atoms with Gasteiger partial charge in [-0.1, -0.05) is 0 Å². The summed E-state index contributed by atoms with van der Waals surface area (Å²) < 4.78 is 3.00. The van der Waals surface area contributed by atoms with Crippen LogP contribution in [0.15, 0.2) is 66.7 Å². The molecule has 0 heterocycles. The van der Waals surface area contributed by atoms with Crippen LogP contribution in [0, 0.1) is 0 Å². The second-order valence-corrected chi connectivity index (χ2v) is 8.12. The molecule has 0 radical (unpaired) electrons. The Morgan fingerprint density at radius 3 is 2.15 bits per heavy atom. The summed E-state index contributed by atoms with van der Waals surface area (Å²) in [6.45, 7) is 0. The average Bonchev–Trinajstić information content (AvgIpc) is 2.48. The predicted molar refractivity (Wildman–Crippen MR) is 89.7 cm³/mol. The van der Waals surface area contributed by atoms with Crippen molar-refractivity contribution in [1.82, 2.24) is 0 Å². The van der Waals surface area contributed by atoms with E-state index in [1.165, 1.54) is 23.7 Å². The monoisotopic (exact) mass is 377 g/mol. The molecule has 0 aromatic heterocycles. The van der Waals surface area contributed by atoms with Gasteiger partial charge in [0.15, 0.2) is 0 Å². The first-order valence-electron chi connectivity index (χ1n) is 6.67. The first-order chi connectivity index (χ1) is 9.75. The van der Waals surface area contributed by atoms with Crippen molar-refractivity contribution in [2.75, 3.05) is 19.0 Å². The molecule has 0 bridgehead atoms. The first kappa shape index (κ1) is 13.5. The minimum absolute atomic E-state index is 0.346. The number of anilines is 1. The van der Waals surface area contributed by atoms with E-state index in [0.29, 0.717) is 0 Å². The zero-order valence-corrected chi connectivity index (χ0v) is 14.0. The van der Waals surface area contributed by atoms with Crippen molar-refractivity contribution in [3.8, 4) is 0 Å². The molecule has 3 aromatic rings. The maximum atomic E-state index is 2.30. The number of hydrogen-bond donors (Lipinski definition) is 0. The topological polar surface area (TPSA) is 3.24 Å². The molecule has 0 N–H and O–H groups in total. The molecule has 0 spiro atoms. The second-order valence-electron chi connectivity index (χ2n) is 4.94. The quantitative estimate of drug-likeness (QED) is 0.637. The van der Waals surface area contributed by atoms with E-state index in [9.17, 15) is 0 Å². The van der Waals surface area contributed by atoms with E-state index < -0.39 is 0 Å². The van der Waals surface area contributed by atoms with Gasteiger partial charge in [-0.25, -0.2) is 0 Å². The van der Waals surface area contributed by atoms with Gasteiger partial charge in [-0.15, -0.1) is 0 Å². The van der Waals surface area contributed by atoms with Gasteiger partial charge in [0, 0.05) is 0 Å². The van der Waals surface area contributed by atoms with Crippen LogP contribution in [0.5, 0.6) is 0 Å². The van der Waals surface area contributed by atoms with Crippen LogP contribution in [0.4, 0.5) is 5.69 Å². The van der Waals surface area contributed by atoms with Crippen LogP contribution in [0.25, 0.3) is 10.8 Å². The Labute approximate surface area is 130 Å². The summed E-state index contributed by atoms with van der Waals surface area (Å²) in [5.41, 5.74) is 1.32. The number of rotatable bonds is 3. The predicted octanol–water partition coefficient (Wildman–Crippen LogP) is 2.56. The van der Waals surface area contributed by atoms with Gasteiger partial charge in [-0.3, -0.25) is 0 Å². The fourth-order valence-electron chi connectivity index (χ4n) is 2.36. The molecule has 0 aliphatic heterocycles. The third-order valence-electron chi connectivity index (χ3n) is 3.30. The minimum atomic E-state index is -0.346. The summed E-state index contributed by atoms with van der Waals surface area (Å²) in [5, 5.41) is 2.76. The number of nitrogens with zero attached hydrogens (tertiary/aromatic N) is 1. The van der Waals surface area contributed by atoms with Crippen LogP contribution in [0.2, 0.25) is 0 Å². The van der Waals surface area contributed by atoms with Crippen molar-refractivity contribution < 1.29 is 0 Å². The zero-order chi connectivity index (χ0) is 13.9. The van der Waals surface area contributed by atoms with Gasteiger partial charge >= 0.3 is 130 Å². The Balaban J connectivity index is 2.15. The van der Waals surface area contributed by atoms with Gasteiger partial charge in [0.05, 0.1) is 0 Å². The Morgan fingerprint density at radius 1 is 0.750 bits per heavy atom. The van der Waals surface area contributed by atoms with Crippen molar-refractivity contribution in [1.29, 1.82) is 0 Å². The SMILES string of the molecule is CN(C)c1cccc2cccc([Te]c3ccccc3)c12. The normalized spacial score (nSPS) is 10.7. The van der Waals surface area contributed by atoms with E-state index in [0.717, 1.165) is 0 Å². The number of benzene rings is 3.